The molecule has 0 saturated carbocycles. The fourth-order valence-corrected chi connectivity index (χ4v) is 4.29. The highest BCUT2D eigenvalue weighted by molar-refractivity contribution is 6.04. The van der Waals surface area contributed by atoms with Gasteiger partial charge in [0.1, 0.15) is 12.4 Å². The number of morpholine rings is 2. The molecule has 0 unspecified atom stereocenters. The zero-order valence-corrected chi connectivity index (χ0v) is 18.3. The maximum atomic E-state index is 11.3. The SMILES string of the molecule is C[C@@H]1OCCN(N2CC(N3CCOCC3)=NC(n3c(NC=O)nc4ccccc43)=N2)[C@H]1C. The summed E-state index contributed by atoms with van der Waals surface area (Å²) in [6.07, 6.45) is 0.714. The third kappa shape index (κ3) is 3.83. The van der Waals surface area contributed by atoms with E-state index in [-0.39, 0.29) is 12.1 Å². The second-order valence-corrected chi connectivity index (χ2v) is 8.06. The number of amides is 1. The third-order valence-corrected chi connectivity index (χ3v) is 6.19. The molecule has 1 aromatic carbocycles. The lowest BCUT2D eigenvalue weighted by molar-refractivity contribution is -0.147. The fraction of sp³-hybridized carbons (Fsp3) is 0.524. The highest BCUT2D eigenvalue weighted by Gasteiger charge is 2.34. The van der Waals surface area contributed by atoms with E-state index in [0.717, 1.165) is 36.5 Å². The number of carbonyl (C=O) groups excluding carboxylic acids is 1. The molecule has 2 aromatic rings. The van der Waals surface area contributed by atoms with Crippen LogP contribution in [0.3, 0.4) is 0 Å². The molecule has 11 nitrogen and oxygen atoms in total. The van der Waals surface area contributed by atoms with Crippen LogP contribution in [0.5, 0.6) is 0 Å². The minimum Gasteiger partial charge on any atom is -0.378 e. The Hall–Kier alpha value is -3.02. The molecule has 1 aromatic heterocycles. The predicted octanol–water partition coefficient (Wildman–Crippen LogP) is 0.794. The number of carbonyl (C=O) groups is 1. The second kappa shape index (κ2) is 8.85. The molecule has 3 aliphatic rings. The molecule has 1 N–H and O–H groups in total. The Kier molecular flexibility index (Phi) is 5.77. The van der Waals surface area contributed by atoms with Crippen molar-refractivity contribution in [2.45, 2.75) is 26.0 Å². The van der Waals surface area contributed by atoms with Gasteiger partial charge in [-0.05, 0) is 26.0 Å². The minimum atomic E-state index is 0.0921. The molecule has 0 aliphatic carbocycles. The number of nitrogens with one attached hydrogen (secondary N) is 1. The Bertz CT molecular complexity index is 1040. The van der Waals surface area contributed by atoms with Gasteiger partial charge in [0.2, 0.25) is 12.4 Å². The summed E-state index contributed by atoms with van der Waals surface area (Å²) in [5.41, 5.74) is 1.58. The molecule has 0 bridgehead atoms. The quantitative estimate of drug-likeness (QED) is 0.705. The van der Waals surface area contributed by atoms with Crippen molar-refractivity contribution in [3.63, 3.8) is 0 Å². The molecule has 3 aliphatic heterocycles. The average Bonchev–Trinajstić information content (AvgIpc) is 3.19. The van der Waals surface area contributed by atoms with E-state index in [1.165, 1.54) is 0 Å². The number of aromatic nitrogens is 2. The number of anilines is 1. The summed E-state index contributed by atoms with van der Waals surface area (Å²) in [5, 5.41) is 11.8. The number of rotatable bonds is 3. The highest BCUT2D eigenvalue weighted by atomic mass is 16.5. The molecule has 1 amide bonds. The van der Waals surface area contributed by atoms with Crippen LogP contribution in [0, 0.1) is 0 Å². The molecule has 0 radical (unpaired) electrons. The Labute approximate surface area is 186 Å². The number of aliphatic imine (C=N–C) groups is 1. The number of hydrogen-bond donors (Lipinski definition) is 1. The van der Waals surface area contributed by atoms with Crippen molar-refractivity contribution in [1.82, 2.24) is 24.6 Å². The Morgan fingerprint density at radius 1 is 1.12 bits per heavy atom. The number of hydrazone groups is 1. The van der Waals surface area contributed by atoms with E-state index in [2.05, 4.69) is 34.1 Å². The molecule has 170 valence electrons. The van der Waals surface area contributed by atoms with E-state index in [0.29, 0.717) is 44.7 Å². The number of para-hydroxylation sites is 2. The summed E-state index contributed by atoms with van der Waals surface area (Å²) < 4.78 is 13.2. The molecular weight excluding hydrogens is 412 g/mol. The number of hydrazine groups is 1. The molecule has 2 atom stereocenters. The fourth-order valence-electron chi connectivity index (χ4n) is 4.29. The van der Waals surface area contributed by atoms with Crippen LogP contribution in [0.1, 0.15) is 13.8 Å². The number of fused-ring (bicyclic) bond motifs is 1. The van der Waals surface area contributed by atoms with Gasteiger partial charge in [0, 0.05) is 19.6 Å². The highest BCUT2D eigenvalue weighted by Crippen LogP contribution is 2.24. The van der Waals surface area contributed by atoms with E-state index >= 15 is 0 Å². The summed E-state index contributed by atoms with van der Waals surface area (Å²) >= 11 is 0. The lowest BCUT2D eigenvalue weighted by Crippen LogP contribution is -2.58. The van der Waals surface area contributed by atoms with Gasteiger partial charge in [-0.3, -0.25) is 10.1 Å². The molecule has 2 fully saturated rings. The predicted molar refractivity (Wildman–Crippen MR) is 120 cm³/mol. The summed E-state index contributed by atoms with van der Waals surface area (Å²) in [6, 6.07) is 7.86. The average molecular weight is 441 g/mol. The Balaban J connectivity index is 1.60. The zero-order valence-electron chi connectivity index (χ0n) is 18.3. The van der Waals surface area contributed by atoms with Gasteiger partial charge in [0.05, 0.1) is 43.0 Å². The normalized spacial score (nSPS) is 24.9. The first kappa shape index (κ1) is 20.9. The van der Waals surface area contributed by atoms with Crippen molar-refractivity contribution in [3.05, 3.63) is 24.3 Å². The largest absolute Gasteiger partial charge is 0.378 e. The van der Waals surface area contributed by atoms with E-state index in [9.17, 15) is 4.79 Å². The molecule has 0 spiro atoms. The van der Waals surface area contributed by atoms with Gasteiger partial charge in [-0.15, -0.1) is 5.10 Å². The first-order valence-corrected chi connectivity index (χ1v) is 11.0. The Morgan fingerprint density at radius 2 is 1.94 bits per heavy atom. The zero-order chi connectivity index (χ0) is 22.1. The summed E-state index contributed by atoms with van der Waals surface area (Å²) in [4.78, 5) is 23.0. The van der Waals surface area contributed by atoms with Crippen LogP contribution >= 0.6 is 0 Å². The van der Waals surface area contributed by atoms with Crippen molar-refractivity contribution < 1.29 is 14.3 Å². The smallest absolute Gasteiger partial charge is 0.257 e. The summed E-state index contributed by atoms with van der Waals surface area (Å²) in [5.74, 6) is 1.76. The maximum absolute atomic E-state index is 11.3. The van der Waals surface area contributed by atoms with Gasteiger partial charge in [-0.2, -0.15) is 10.0 Å². The van der Waals surface area contributed by atoms with Crippen molar-refractivity contribution in [2.75, 3.05) is 51.3 Å². The van der Waals surface area contributed by atoms with Crippen LogP contribution in [-0.4, -0.2) is 101 Å². The van der Waals surface area contributed by atoms with Crippen molar-refractivity contribution in [2.24, 2.45) is 10.1 Å². The number of benzene rings is 1. The number of hydrogen-bond acceptors (Lipinski definition) is 9. The maximum Gasteiger partial charge on any atom is 0.257 e. The number of imidazole rings is 1. The lowest BCUT2D eigenvalue weighted by atomic mass is 10.2. The van der Waals surface area contributed by atoms with E-state index < -0.39 is 0 Å². The van der Waals surface area contributed by atoms with Gasteiger partial charge in [0.25, 0.3) is 5.96 Å². The first-order valence-electron chi connectivity index (χ1n) is 11.0. The van der Waals surface area contributed by atoms with Crippen LogP contribution in [0.15, 0.2) is 34.4 Å². The lowest BCUT2D eigenvalue weighted by Gasteiger charge is -2.44. The number of ether oxygens (including phenoxy) is 2. The van der Waals surface area contributed by atoms with Crippen molar-refractivity contribution >= 4 is 35.2 Å². The van der Waals surface area contributed by atoms with Crippen LogP contribution in [0.4, 0.5) is 5.95 Å². The van der Waals surface area contributed by atoms with Crippen LogP contribution in [0.25, 0.3) is 11.0 Å². The van der Waals surface area contributed by atoms with Crippen LogP contribution in [-0.2, 0) is 14.3 Å². The van der Waals surface area contributed by atoms with Crippen LogP contribution < -0.4 is 5.32 Å². The monoisotopic (exact) mass is 440 g/mol. The summed E-state index contributed by atoms with van der Waals surface area (Å²) in [7, 11) is 0. The summed E-state index contributed by atoms with van der Waals surface area (Å²) in [6.45, 7) is 9.06. The standard InChI is InChI=1S/C21H28N8O3/c1-15-16(2)32-12-9-27(15)28-13-19(26-7-10-31-11-8-26)24-21(25-28)29-18-6-4-3-5-17(18)23-20(29)22-14-30/h3-6,14-16H,7-13H2,1-2H3,(H,22,23,30)/t15-,16-/m0/s1. The first-order chi connectivity index (χ1) is 15.7. The van der Waals surface area contributed by atoms with Crippen molar-refractivity contribution in [3.8, 4) is 0 Å². The molecule has 11 heteroatoms. The molecule has 2 saturated heterocycles. The van der Waals surface area contributed by atoms with Gasteiger partial charge < -0.3 is 14.4 Å². The Morgan fingerprint density at radius 3 is 2.75 bits per heavy atom. The third-order valence-electron chi connectivity index (χ3n) is 6.19. The number of amidine groups is 1. The minimum absolute atomic E-state index is 0.0921. The molecule has 4 heterocycles. The van der Waals surface area contributed by atoms with E-state index in [1.54, 1.807) is 4.57 Å². The van der Waals surface area contributed by atoms with Gasteiger partial charge in [-0.1, -0.05) is 12.1 Å². The van der Waals surface area contributed by atoms with Crippen molar-refractivity contribution in [1.29, 1.82) is 0 Å². The topological polar surface area (TPSA) is 99.8 Å². The van der Waals surface area contributed by atoms with Gasteiger partial charge in [0.15, 0.2) is 0 Å². The number of nitrogens with zero attached hydrogens (tertiary/aromatic N) is 7. The van der Waals surface area contributed by atoms with Gasteiger partial charge >= 0.3 is 0 Å². The van der Waals surface area contributed by atoms with E-state index in [4.69, 9.17) is 19.6 Å². The van der Waals surface area contributed by atoms with Crippen LogP contribution in [0.2, 0.25) is 0 Å². The molecular formula is C21H28N8O3. The van der Waals surface area contributed by atoms with Gasteiger partial charge in [-0.25, -0.2) is 14.7 Å². The van der Waals surface area contributed by atoms with E-state index in [1.807, 2.05) is 29.4 Å². The molecule has 32 heavy (non-hydrogen) atoms. The second-order valence-electron chi connectivity index (χ2n) is 8.06. The molecule has 5 rings (SSSR count).